The largest absolute Gasteiger partial charge is 0.352 e. The highest BCUT2D eigenvalue weighted by atomic mass is 35.5. The molecule has 0 saturated carbocycles. The first-order valence-electron chi connectivity index (χ1n) is 6.36. The van der Waals surface area contributed by atoms with Gasteiger partial charge in [0.1, 0.15) is 5.56 Å². The summed E-state index contributed by atoms with van der Waals surface area (Å²) in [7, 11) is 0. The molecule has 0 unspecified atom stereocenters. The van der Waals surface area contributed by atoms with E-state index < -0.39 is 0 Å². The van der Waals surface area contributed by atoms with Crippen LogP contribution in [0.5, 0.6) is 0 Å². The number of amides is 1. The summed E-state index contributed by atoms with van der Waals surface area (Å²) in [5.41, 5.74) is 9.10. The molecule has 7 heteroatoms. The van der Waals surface area contributed by atoms with Crippen molar-refractivity contribution in [3.8, 4) is 0 Å². The van der Waals surface area contributed by atoms with Crippen LogP contribution in [0.4, 0.5) is 0 Å². The number of carbonyl (C=O) groups excluding carboxylic acids is 1. The fraction of sp³-hybridized carbons (Fsp3) is 0.462. The zero-order valence-corrected chi connectivity index (χ0v) is 12.8. The van der Waals surface area contributed by atoms with E-state index in [0.717, 1.165) is 17.8 Å². The molecule has 2 aromatic heterocycles. The Bertz CT molecular complexity index is 623. The van der Waals surface area contributed by atoms with Crippen LogP contribution in [0.15, 0.2) is 6.07 Å². The lowest BCUT2D eigenvalue weighted by Crippen LogP contribution is -2.26. The van der Waals surface area contributed by atoms with E-state index in [1.54, 1.807) is 4.52 Å². The lowest BCUT2D eigenvalue weighted by molar-refractivity contribution is 0.0954. The summed E-state index contributed by atoms with van der Waals surface area (Å²) in [5, 5.41) is 7.22. The average molecular weight is 298 g/mol. The molecule has 0 bridgehead atoms. The van der Waals surface area contributed by atoms with Gasteiger partial charge in [0.2, 0.25) is 0 Å². The summed E-state index contributed by atoms with van der Waals surface area (Å²) in [4.78, 5) is 16.6. The second-order valence-electron chi connectivity index (χ2n) is 4.63. The Kier molecular flexibility index (Phi) is 5.47. The van der Waals surface area contributed by atoms with Crippen molar-refractivity contribution in [2.45, 2.75) is 27.2 Å². The van der Waals surface area contributed by atoms with E-state index in [9.17, 15) is 4.79 Å². The second-order valence-corrected chi connectivity index (χ2v) is 4.63. The first-order chi connectivity index (χ1) is 9.04. The lowest BCUT2D eigenvalue weighted by Gasteiger charge is -2.04. The minimum atomic E-state index is -0.140. The first-order valence-corrected chi connectivity index (χ1v) is 6.36. The number of nitrogens with one attached hydrogen (secondary N) is 1. The predicted molar refractivity (Wildman–Crippen MR) is 80.5 cm³/mol. The van der Waals surface area contributed by atoms with Gasteiger partial charge >= 0.3 is 0 Å². The number of carbonyl (C=O) groups is 1. The number of rotatable bonds is 4. The van der Waals surface area contributed by atoms with Gasteiger partial charge in [-0.25, -0.2) is 9.50 Å². The third-order valence-electron chi connectivity index (χ3n) is 2.96. The van der Waals surface area contributed by atoms with Gasteiger partial charge in [-0.1, -0.05) is 0 Å². The van der Waals surface area contributed by atoms with Crippen LogP contribution < -0.4 is 11.1 Å². The standard InChI is InChI=1S/C13H19N5O.ClH/c1-8-7-9(2)18-12(16-8)11(10(3)17-18)13(19)15-6-4-5-14;/h7H,4-6,14H2,1-3H3,(H,15,19);1H. The first kappa shape index (κ1) is 16.4. The highest BCUT2D eigenvalue weighted by Crippen LogP contribution is 2.15. The predicted octanol–water partition coefficient (Wildman–Crippen LogP) is 1.15. The van der Waals surface area contributed by atoms with Crippen LogP contribution in [0.25, 0.3) is 5.65 Å². The summed E-state index contributed by atoms with van der Waals surface area (Å²) < 4.78 is 1.71. The molecule has 0 radical (unpaired) electrons. The Morgan fingerprint density at radius 1 is 1.40 bits per heavy atom. The zero-order chi connectivity index (χ0) is 14.0. The smallest absolute Gasteiger partial charge is 0.257 e. The molecule has 0 aliphatic heterocycles. The van der Waals surface area contributed by atoms with Gasteiger partial charge in [0, 0.05) is 17.9 Å². The molecule has 3 N–H and O–H groups in total. The van der Waals surface area contributed by atoms with Crippen LogP contribution in [0.3, 0.4) is 0 Å². The molecule has 2 aromatic rings. The molecule has 2 rings (SSSR count). The van der Waals surface area contributed by atoms with Crippen molar-refractivity contribution >= 4 is 24.0 Å². The summed E-state index contributed by atoms with van der Waals surface area (Å²) in [5.74, 6) is -0.140. The molecule has 0 fully saturated rings. The second kappa shape index (κ2) is 6.67. The molecule has 0 aromatic carbocycles. The van der Waals surface area contributed by atoms with Gasteiger partial charge in [-0.05, 0) is 39.8 Å². The van der Waals surface area contributed by atoms with E-state index in [4.69, 9.17) is 5.73 Å². The Morgan fingerprint density at radius 2 is 2.10 bits per heavy atom. The van der Waals surface area contributed by atoms with Gasteiger partial charge in [0.05, 0.1) is 5.69 Å². The van der Waals surface area contributed by atoms with Crippen LogP contribution in [0.1, 0.15) is 33.9 Å². The van der Waals surface area contributed by atoms with Crippen LogP contribution in [0, 0.1) is 20.8 Å². The number of hydrogen-bond donors (Lipinski definition) is 2. The Morgan fingerprint density at radius 3 is 2.75 bits per heavy atom. The molecule has 0 atom stereocenters. The zero-order valence-electron chi connectivity index (χ0n) is 11.9. The minimum absolute atomic E-state index is 0. The number of aryl methyl sites for hydroxylation is 3. The van der Waals surface area contributed by atoms with Gasteiger partial charge in [-0.15, -0.1) is 12.4 Å². The topological polar surface area (TPSA) is 85.3 Å². The monoisotopic (exact) mass is 297 g/mol. The minimum Gasteiger partial charge on any atom is -0.352 e. The molecule has 110 valence electrons. The average Bonchev–Trinajstić information content (AvgIpc) is 2.66. The van der Waals surface area contributed by atoms with Crippen LogP contribution in [-0.4, -0.2) is 33.6 Å². The lowest BCUT2D eigenvalue weighted by atomic mass is 10.2. The van der Waals surface area contributed by atoms with Crippen molar-refractivity contribution in [3.05, 3.63) is 28.7 Å². The number of nitrogens with zero attached hydrogens (tertiary/aromatic N) is 3. The van der Waals surface area contributed by atoms with Crippen molar-refractivity contribution in [3.63, 3.8) is 0 Å². The third-order valence-corrected chi connectivity index (χ3v) is 2.96. The number of halogens is 1. The fourth-order valence-corrected chi connectivity index (χ4v) is 2.09. The fourth-order valence-electron chi connectivity index (χ4n) is 2.09. The highest BCUT2D eigenvalue weighted by molar-refractivity contribution is 6.01. The molecule has 6 nitrogen and oxygen atoms in total. The maximum atomic E-state index is 12.2. The maximum absolute atomic E-state index is 12.2. The highest BCUT2D eigenvalue weighted by Gasteiger charge is 2.19. The molecular formula is C13H20ClN5O. The van der Waals surface area contributed by atoms with Crippen molar-refractivity contribution in [1.82, 2.24) is 19.9 Å². The van der Waals surface area contributed by atoms with E-state index >= 15 is 0 Å². The summed E-state index contributed by atoms with van der Waals surface area (Å²) >= 11 is 0. The van der Waals surface area contributed by atoms with Gasteiger partial charge in [-0.2, -0.15) is 5.10 Å². The van der Waals surface area contributed by atoms with E-state index in [2.05, 4.69) is 15.4 Å². The quantitative estimate of drug-likeness (QED) is 0.829. The SMILES string of the molecule is Cc1cc(C)n2nc(C)c(C(=O)NCCCN)c2n1.Cl. The van der Waals surface area contributed by atoms with Gasteiger partial charge in [-0.3, -0.25) is 4.79 Å². The van der Waals surface area contributed by atoms with E-state index in [1.807, 2.05) is 26.8 Å². The van der Waals surface area contributed by atoms with Crippen LogP contribution in [0.2, 0.25) is 0 Å². The maximum Gasteiger partial charge on any atom is 0.257 e. The summed E-state index contributed by atoms with van der Waals surface area (Å²) in [6.07, 6.45) is 0.759. The summed E-state index contributed by atoms with van der Waals surface area (Å²) in [6, 6.07) is 1.94. The number of hydrogen-bond acceptors (Lipinski definition) is 4. The molecule has 0 spiro atoms. The van der Waals surface area contributed by atoms with Crippen molar-refractivity contribution < 1.29 is 4.79 Å². The van der Waals surface area contributed by atoms with Crippen molar-refractivity contribution in [2.75, 3.05) is 13.1 Å². The van der Waals surface area contributed by atoms with E-state index in [-0.39, 0.29) is 18.3 Å². The molecule has 0 aliphatic rings. The Hall–Kier alpha value is -1.66. The molecule has 2 heterocycles. The number of aromatic nitrogens is 3. The van der Waals surface area contributed by atoms with Crippen molar-refractivity contribution in [2.24, 2.45) is 5.73 Å². The number of fused-ring (bicyclic) bond motifs is 1. The normalized spacial score (nSPS) is 10.4. The van der Waals surface area contributed by atoms with E-state index in [0.29, 0.717) is 30.0 Å². The number of nitrogens with two attached hydrogens (primary N) is 1. The van der Waals surface area contributed by atoms with Crippen molar-refractivity contribution in [1.29, 1.82) is 0 Å². The molecule has 20 heavy (non-hydrogen) atoms. The molecular weight excluding hydrogens is 278 g/mol. The Balaban J connectivity index is 0.00000200. The Labute approximate surface area is 124 Å². The van der Waals surface area contributed by atoms with E-state index in [1.165, 1.54) is 0 Å². The van der Waals surface area contributed by atoms with Gasteiger partial charge < -0.3 is 11.1 Å². The third kappa shape index (κ3) is 3.08. The molecule has 0 aliphatic carbocycles. The van der Waals surface area contributed by atoms with Crippen LogP contribution in [-0.2, 0) is 0 Å². The molecule has 1 amide bonds. The molecule has 0 saturated heterocycles. The summed E-state index contributed by atoms with van der Waals surface area (Å²) in [6.45, 7) is 6.80. The van der Waals surface area contributed by atoms with Crippen LogP contribution >= 0.6 is 12.4 Å². The van der Waals surface area contributed by atoms with Gasteiger partial charge in [0.15, 0.2) is 5.65 Å². The van der Waals surface area contributed by atoms with Gasteiger partial charge in [0.25, 0.3) is 5.91 Å².